The highest BCUT2D eigenvalue weighted by atomic mass is 16.5. The second-order valence-corrected chi connectivity index (χ2v) is 7.17. The Morgan fingerprint density at radius 1 is 1.16 bits per heavy atom. The van der Waals surface area contributed by atoms with Gasteiger partial charge in [0.1, 0.15) is 0 Å². The monoisotopic (exact) mass is 424 g/mol. The summed E-state index contributed by atoms with van der Waals surface area (Å²) < 4.78 is 11.5. The lowest BCUT2D eigenvalue weighted by atomic mass is 10.0. The molecule has 0 aliphatic heterocycles. The van der Waals surface area contributed by atoms with Crippen LogP contribution in [0.4, 0.5) is 0 Å². The van der Waals surface area contributed by atoms with Gasteiger partial charge < -0.3 is 9.47 Å². The van der Waals surface area contributed by atoms with Gasteiger partial charge in [-0.05, 0) is 49.9 Å². The Balaban J connectivity index is 1.99. The van der Waals surface area contributed by atoms with Gasteiger partial charge in [-0.1, -0.05) is 18.2 Å². The molecule has 162 valence electrons. The molecule has 2 aromatic carbocycles. The molecule has 0 unspecified atom stereocenters. The van der Waals surface area contributed by atoms with Crippen LogP contribution in [0.5, 0.6) is 11.5 Å². The molecule has 1 saturated carbocycles. The summed E-state index contributed by atoms with van der Waals surface area (Å²) in [4.78, 5) is 40.0. The van der Waals surface area contributed by atoms with Crippen molar-refractivity contribution >= 4 is 23.8 Å². The molecule has 0 radical (unpaired) electrons. The van der Waals surface area contributed by atoms with E-state index in [9.17, 15) is 14.4 Å². The molecule has 8 heteroatoms. The SMILES string of the molecule is COc1ccc(C(CC(=O)NO)=NC(=O)c2ccccc2C=O)cc1OC1CCCC1. The molecule has 31 heavy (non-hydrogen) atoms. The van der Waals surface area contributed by atoms with Crippen molar-refractivity contribution < 1.29 is 29.1 Å². The molecule has 0 spiro atoms. The number of benzene rings is 2. The van der Waals surface area contributed by atoms with Crippen LogP contribution in [-0.4, -0.2) is 42.2 Å². The summed E-state index contributed by atoms with van der Waals surface area (Å²) in [5.74, 6) is -0.384. The first-order chi connectivity index (χ1) is 15.0. The van der Waals surface area contributed by atoms with E-state index in [0.29, 0.717) is 23.3 Å². The Hall–Kier alpha value is -3.52. The van der Waals surface area contributed by atoms with Crippen LogP contribution in [0.15, 0.2) is 47.5 Å². The molecule has 0 heterocycles. The number of carbonyl (C=O) groups is 3. The number of hydrogen-bond donors (Lipinski definition) is 2. The fraction of sp³-hybridized carbons (Fsp3) is 0.304. The third-order valence-electron chi connectivity index (χ3n) is 5.10. The third-order valence-corrected chi connectivity index (χ3v) is 5.10. The molecule has 0 atom stereocenters. The summed E-state index contributed by atoms with van der Waals surface area (Å²) in [5.41, 5.74) is 2.46. The van der Waals surface area contributed by atoms with Crippen molar-refractivity contribution in [3.8, 4) is 11.5 Å². The van der Waals surface area contributed by atoms with Crippen LogP contribution in [0.3, 0.4) is 0 Å². The molecule has 2 amide bonds. The Kier molecular flexibility index (Phi) is 7.50. The number of nitrogens with zero attached hydrogens (tertiary/aromatic N) is 1. The van der Waals surface area contributed by atoms with Crippen LogP contribution in [0.2, 0.25) is 0 Å². The Labute approximate surface area is 179 Å². The molecular weight excluding hydrogens is 400 g/mol. The molecule has 3 rings (SSSR count). The topological polar surface area (TPSA) is 114 Å². The number of hydrogen-bond acceptors (Lipinski definition) is 6. The van der Waals surface area contributed by atoms with E-state index in [4.69, 9.17) is 14.7 Å². The molecule has 2 aromatic rings. The highest BCUT2D eigenvalue weighted by molar-refractivity contribution is 6.17. The number of methoxy groups -OCH3 is 1. The lowest BCUT2D eigenvalue weighted by Crippen LogP contribution is -2.23. The molecule has 1 aliphatic rings. The van der Waals surface area contributed by atoms with Crippen molar-refractivity contribution in [2.45, 2.75) is 38.2 Å². The number of hydroxylamine groups is 1. The van der Waals surface area contributed by atoms with Crippen LogP contribution >= 0.6 is 0 Å². The van der Waals surface area contributed by atoms with Gasteiger partial charge >= 0.3 is 0 Å². The number of nitrogens with one attached hydrogen (secondary N) is 1. The minimum absolute atomic E-state index is 0.0754. The molecule has 1 aliphatic carbocycles. The fourth-order valence-electron chi connectivity index (χ4n) is 3.51. The number of aliphatic imine (C=N–C) groups is 1. The zero-order chi connectivity index (χ0) is 22.2. The van der Waals surface area contributed by atoms with Gasteiger partial charge in [0.05, 0.1) is 30.9 Å². The summed E-state index contributed by atoms with van der Waals surface area (Å²) in [6, 6.07) is 11.3. The third kappa shape index (κ3) is 5.55. The number of amides is 2. The van der Waals surface area contributed by atoms with Gasteiger partial charge in [-0.2, -0.15) is 0 Å². The fourth-order valence-corrected chi connectivity index (χ4v) is 3.51. The number of carbonyl (C=O) groups excluding carboxylic acids is 3. The predicted molar refractivity (Wildman–Crippen MR) is 113 cm³/mol. The maximum atomic E-state index is 12.8. The van der Waals surface area contributed by atoms with Gasteiger partial charge in [-0.25, -0.2) is 10.5 Å². The Morgan fingerprint density at radius 2 is 1.90 bits per heavy atom. The first kappa shape index (κ1) is 22.2. The van der Waals surface area contributed by atoms with E-state index in [0.717, 1.165) is 25.7 Å². The highest BCUT2D eigenvalue weighted by Crippen LogP contribution is 2.33. The van der Waals surface area contributed by atoms with E-state index in [-0.39, 0.29) is 29.4 Å². The smallest absolute Gasteiger partial charge is 0.277 e. The highest BCUT2D eigenvalue weighted by Gasteiger charge is 2.21. The van der Waals surface area contributed by atoms with E-state index in [1.165, 1.54) is 19.2 Å². The summed E-state index contributed by atoms with van der Waals surface area (Å²) in [6.45, 7) is 0. The van der Waals surface area contributed by atoms with Crippen molar-refractivity contribution in [2.24, 2.45) is 4.99 Å². The van der Waals surface area contributed by atoms with E-state index in [2.05, 4.69) is 4.99 Å². The molecule has 0 saturated heterocycles. The lowest BCUT2D eigenvalue weighted by molar-refractivity contribution is -0.127. The number of ether oxygens (including phenoxy) is 2. The van der Waals surface area contributed by atoms with Crippen LogP contribution in [-0.2, 0) is 4.79 Å². The normalized spacial score (nSPS) is 14.2. The van der Waals surface area contributed by atoms with E-state index in [1.54, 1.807) is 35.8 Å². The average molecular weight is 424 g/mol. The molecule has 0 bridgehead atoms. The minimum atomic E-state index is -0.732. The van der Waals surface area contributed by atoms with Crippen molar-refractivity contribution in [1.82, 2.24) is 5.48 Å². The largest absolute Gasteiger partial charge is 0.493 e. The lowest BCUT2D eigenvalue weighted by Gasteiger charge is -2.17. The molecule has 0 aromatic heterocycles. The average Bonchev–Trinajstić information content (AvgIpc) is 3.31. The van der Waals surface area contributed by atoms with Gasteiger partial charge in [0.15, 0.2) is 17.8 Å². The maximum absolute atomic E-state index is 12.8. The van der Waals surface area contributed by atoms with Crippen LogP contribution in [0, 0.1) is 0 Å². The predicted octanol–water partition coefficient (Wildman–Crippen LogP) is 3.35. The van der Waals surface area contributed by atoms with Gasteiger partial charge in [-0.15, -0.1) is 0 Å². The van der Waals surface area contributed by atoms with E-state index < -0.39 is 11.8 Å². The van der Waals surface area contributed by atoms with Gasteiger partial charge in [0.25, 0.3) is 5.91 Å². The van der Waals surface area contributed by atoms with Crippen LogP contribution in [0.25, 0.3) is 0 Å². The quantitative estimate of drug-likeness (QED) is 0.291. The van der Waals surface area contributed by atoms with Gasteiger partial charge in [0.2, 0.25) is 5.91 Å². The second kappa shape index (κ2) is 10.5. The van der Waals surface area contributed by atoms with E-state index in [1.807, 2.05) is 0 Å². The first-order valence-electron chi connectivity index (χ1n) is 9.99. The van der Waals surface area contributed by atoms with Crippen molar-refractivity contribution in [1.29, 1.82) is 0 Å². The number of aldehydes is 1. The summed E-state index contributed by atoms with van der Waals surface area (Å²) in [6.07, 6.45) is 4.39. The maximum Gasteiger partial charge on any atom is 0.277 e. The number of rotatable bonds is 8. The standard InChI is InChI=1S/C23H24N2O6/c1-30-20-11-10-15(12-21(20)31-17-7-3-4-8-17)19(13-22(27)25-29)24-23(28)18-9-5-2-6-16(18)14-26/h2,5-6,9-12,14,17,29H,3-4,7-8,13H2,1H3,(H,25,27). The zero-order valence-corrected chi connectivity index (χ0v) is 17.2. The Morgan fingerprint density at radius 3 is 2.58 bits per heavy atom. The summed E-state index contributed by atoms with van der Waals surface area (Å²) in [5, 5.41) is 8.96. The first-order valence-corrected chi connectivity index (χ1v) is 9.99. The van der Waals surface area contributed by atoms with Gasteiger partial charge in [0, 0.05) is 11.1 Å². The van der Waals surface area contributed by atoms with Crippen LogP contribution < -0.4 is 15.0 Å². The minimum Gasteiger partial charge on any atom is -0.493 e. The van der Waals surface area contributed by atoms with Crippen LogP contribution in [0.1, 0.15) is 58.4 Å². The molecule has 2 N–H and O–H groups in total. The zero-order valence-electron chi connectivity index (χ0n) is 17.2. The van der Waals surface area contributed by atoms with Crippen molar-refractivity contribution in [3.05, 3.63) is 59.2 Å². The van der Waals surface area contributed by atoms with E-state index >= 15 is 0 Å². The Bertz CT molecular complexity index is 995. The van der Waals surface area contributed by atoms with Crippen molar-refractivity contribution in [2.75, 3.05) is 7.11 Å². The molecular formula is C23H24N2O6. The molecule has 8 nitrogen and oxygen atoms in total. The second-order valence-electron chi connectivity index (χ2n) is 7.17. The summed E-state index contributed by atoms with van der Waals surface area (Å²) in [7, 11) is 1.53. The van der Waals surface area contributed by atoms with Gasteiger partial charge in [-0.3, -0.25) is 19.6 Å². The van der Waals surface area contributed by atoms with Crippen molar-refractivity contribution in [3.63, 3.8) is 0 Å². The molecule has 1 fully saturated rings. The summed E-state index contributed by atoms with van der Waals surface area (Å²) >= 11 is 0.